The van der Waals surface area contributed by atoms with Crippen LogP contribution in [0.4, 0.5) is 0 Å². The third kappa shape index (κ3) is 10.3. The first-order valence-electron chi connectivity index (χ1n) is 12.0. The average Bonchev–Trinajstić information content (AvgIpc) is 2.63. The van der Waals surface area contributed by atoms with Crippen LogP contribution in [0, 0.1) is 0 Å². The standard InChI is InChI=1S/C26H47NO3Si/c1-10-11-17-26(30-31(8,9)25(5,6)7,19-16-23(28)29-24(2,3)4)18-12-14-22-15-13-20-27-21-22/h13,15,20-21H,10-12,14,16-19H2,1-9H3. The number of carbonyl (C=O) groups excluding carboxylic acids is 1. The smallest absolute Gasteiger partial charge is 0.306 e. The van der Waals surface area contributed by atoms with Gasteiger partial charge in [-0.1, -0.05) is 46.6 Å². The summed E-state index contributed by atoms with van der Waals surface area (Å²) in [4.78, 5) is 16.8. The van der Waals surface area contributed by atoms with Gasteiger partial charge < -0.3 is 9.16 Å². The van der Waals surface area contributed by atoms with Gasteiger partial charge in [0.05, 0.1) is 5.60 Å². The van der Waals surface area contributed by atoms with Crippen molar-refractivity contribution < 1.29 is 14.0 Å². The molecule has 1 atom stereocenters. The molecule has 0 amide bonds. The number of aromatic nitrogens is 1. The number of aryl methyl sites for hydroxylation is 1. The minimum atomic E-state index is -2.00. The molecule has 0 saturated carbocycles. The van der Waals surface area contributed by atoms with Crippen LogP contribution in [0.1, 0.15) is 99.0 Å². The van der Waals surface area contributed by atoms with Gasteiger partial charge in [-0.15, -0.1) is 0 Å². The zero-order valence-corrected chi connectivity index (χ0v) is 22.6. The second-order valence-electron chi connectivity index (χ2n) is 11.5. The number of hydrogen-bond acceptors (Lipinski definition) is 4. The van der Waals surface area contributed by atoms with Gasteiger partial charge in [0.1, 0.15) is 5.60 Å². The van der Waals surface area contributed by atoms with E-state index >= 15 is 0 Å². The van der Waals surface area contributed by atoms with E-state index in [1.54, 1.807) is 0 Å². The molecule has 4 nitrogen and oxygen atoms in total. The zero-order chi connectivity index (χ0) is 23.8. The van der Waals surface area contributed by atoms with Crippen molar-refractivity contribution in [2.24, 2.45) is 0 Å². The lowest BCUT2D eigenvalue weighted by Crippen LogP contribution is -2.50. The Bertz CT molecular complexity index is 661. The summed E-state index contributed by atoms with van der Waals surface area (Å²) in [5.74, 6) is -0.125. The molecular formula is C26H47NO3Si. The molecule has 1 heterocycles. The van der Waals surface area contributed by atoms with Crippen molar-refractivity contribution in [2.45, 2.75) is 129 Å². The second kappa shape index (κ2) is 11.6. The molecule has 178 valence electrons. The highest BCUT2D eigenvalue weighted by molar-refractivity contribution is 6.74. The number of hydrogen-bond donors (Lipinski definition) is 0. The van der Waals surface area contributed by atoms with Crippen molar-refractivity contribution >= 4 is 14.3 Å². The molecule has 0 saturated heterocycles. The molecule has 1 unspecified atom stereocenters. The molecule has 0 spiro atoms. The van der Waals surface area contributed by atoms with Crippen LogP contribution in [0.15, 0.2) is 24.5 Å². The van der Waals surface area contributed by atoms with Crippen molar-refractivity contribution in [1.82, 2.24) is 4.98 Å². The third-order valence-corrected chi connectivity index (χ3v) is 10.8. The largest absolute Gasteiger partial charge is 0.460 e. The number of ether oxygens (including phenoxy) is 1. The van der Waals surface area contributed by atoms with Gasteiger partial charge in [0.15, 0.2) is 8.32 Å². The number of nitrogens with zero attached hydrogens (tertiary/aromatic N) is 1. The molecule has 0 aromatic carbocycles. The summed E-state index contributed by atoms with van der Waals surface area (Å²) in [6.45, 7) is 19.5. The normalized spacial score (nSPS) is 14.9. The summed E-state index contributed by atoms with van der Waals surface area (Å²) in [5, 5.41) is 0.125. The van der Waals surface area contributed by atoms with E-state index < -0.39 is 13.9 Å². The van der Waals surface area contributed by atoms with Gasteiger partial charge in [-0.05, 0) is 82.6 Å². The van der Waals surface area contributed by atoms with Crippen LogP contribution in [0.25, 0.3) is 0 Å². The van der Waals surface area contributed by atoms with E-state index in [9.17, 15) is 4.79 Å². The summed E-state index contributed by atoms with van der Waals surface area (Å²) >= 11 is 0. The van der Waals surface area contributed by atoms with Gasteiger partial charge in [-0.2, -0.15) is 0 Å². The lowest BCUT2D eigenvalue weighted by molar-refractivity contribution is -0.156. The van der Waals surface area contributed by atoms with E-state index in [4.69, 9.17) is 9.16 Å². The Kier molecular flexibility index (Phi) is 10.4. The van der Waals surface area contributed by atoms with E-state index in [1.807, 2.05) is 39.2 Å². The van der Waals surface area contributed by atoms with Crippen molar-refractivity contribution in [3.05, 3.63) is 30.1 Å². The Balaban J connectivity index is 3.05. The van der Waals surface area contributed by atoms with Crippen molar-refractivity contribution in [3.63, 3.8) is 0 Å². The quantitative estimate of drug-likeness (QED) is 0.245. The van der Waals surface area contributed by atoms with Gasteiger partial charge >= 0.3 is 5.97 Å². The predicted molar refractivity (Wildman–Crippen MR) is 133 cm³/mol. The molecule has 0 aliphatic carbocycles. The molecule has 0 fully saturated rings. The lowest BCUT2D eigenvalue weighted by Gasteiger charge is -2.46. The Hall–Kier alpha value is -1.20. The van der Waals surface area contributed by atoms with Gasteiger partial charge in [0, 0.05) is 18.8 Å². The summed E-state index contributed by atoms with van der Waals surface area (Å²) in [7, 11) is -2.00. The van der Waals surface area contributed by atoms with Crippen LogP contribution >= 0.6 is 0 Å². The van der Waals surface area contributed by atoms with Crippen LogP contribution in [0.3, 0.4) is 0 Å². The molecule has 1 rings (SSSR count). The van der Waals surface area contributed by atoms with E-state index in [1.165, 1.54) is 5.56 Å². The first-order chi connectivity index (χ1) is 14.2. The minimum absolute atomic E-state index is 0.125. The van der Waals surface area contributed by atoms with Crippen LogP contribution < -0.4 is 0 Å². The van der Waals surface area contributed by atoms with Crippen molar-refractivity contribution in [2.75, 3.05) is 0 Å². The van der Waals surface area contributed by atoms with Crippen LogP contribution in [0.2, 0.25) is 18.1 Å². The Morgan fingerprint density at radius 2 is 1.68 bits per heavy atom. The molecule has 0 radical (unpaired) electrons. The number of esters is 1. The number of rotatable bonds is 12. The summed E-state index contributed by atoms with van der Waals surface area (Å²) < 4.78 is 12.7. The van der Waals surface area contributed by atoms with Crippen LogP contribution in [-0.4, -0.2) is 30.5 Å². The highest BCUT2D eigenvalue weighted by Crippen LogP contribution is 2.43. The molecule has 5 heteroatoms. The third-order valence-electron chi connectivity index (χ3n) is 6.29. The maximum Gasteiger partial charge on any atom is 0.306 e. The monoisotopic (exact) mass is 449 g/mol. The molecular weight excluding hydrogens is 402 g/mol. The number of unbranched alkanes of at least 4 members (excludes halogenated alkanes) is 1. The molecule has 1 aromatic rings. The van der Waals surface area contributed by atoms with E-state index in [0.717, 1.165) is 44.9 Å². The molecule has 0 aliphatic heterocycles. The minimum Gasteiger partial charge on any atom is -0.460 e. The van der Waals surface area contributed by atoms with Gasteiger partial charge in [0.25, 0.3) is 0 Å². The van der Waals surface area contributed by atoms with E-state index in [0.29, 0.717) is 6.42 Å². The summed E-state index contributed by atoms with van der Waals surface area (Å²) in [5.41, 5.74) is 0.522. The molecule has 0 N–H and O–H groups in total. The summed E-state index contributed by atoms with van der Waals surface area (Å²) in [6, 6.07) is 4.13. The Labute approximate surface area is 192 Å². The van der Waals surface area contributed by atoms with E-state index in [2.05, 4.69) is 51.8 Å². The van der Waals surface area contributed by atoms with Crippen LogP contribution in [0.5, 0.6) is 0 Å². The number of pyridine rings is 1. The fourth-order valence-corrected chi connectivity index (χ4v) is 5.30. The fraction of sp³-hybridized carbons (Fsp3) is 0.769. The number of carbonyl (C=O) groups is 1. The maximum absolute atomic E-state index is 12.6. The first kappa shape index (κ1) is 27.8. The van der Waals surface area contributed by atoms with E-state index in [-0.39, 0.29) is 16.6 Å². The highest BCUT2D eigenvalue weighted by Gasteiger charge is 2.44. The highest BCUT2D eigenvalue weighted by atomic mass is 28.4. The SMILES string of the molecule is CCCCC(CCCc1cccnc1)(CCC(=O)OC(C)(C)C)O[Si](C)(C)C(C)(C)C. The Morgan fingerprint density at radius 1 is 1.03 bits per heavy atom. The predicted octanol–water partition coefficient (Wildman–Crippen LogP) is 7.48. The van der Waals surface area contributed by atoms with Gasteiger partial charge in [-0.3, -0.25) is 9.78 Å². The molecule has 0 bridgehead atoms. The maximum atomic E-state index is 12.6. The van der Waals surface area contributed by atoms with Gasteiger partial charge in [0.2, 0.25) is 0 Å². The second-order valence-corrected chi connectivity index (χ2v) is 16.2. The fourth-order valence-electron chi connectivity index (χ4n) is 3.60. The van der Waals surface area contributed by atoms with Crippen LogP contribution in [-0.2, 0) is 20.4 Å². The summed E-state index contributed by atoms with van der Waals surface area (Å²) in [6.07, 6.45) is 11.1. The topological polar surface area (TPSA) is 48.4 Å². The first-order valence-corrected chi connectivity index (χ1v) is 14.9. The van der Waals surface area contributed by atoms with Crippen molar-refractivity contribution in [1.29, 1.82) is 0 Å². The van der Waals surface area contributed by atoms with Gasteiger partial charge in [-0.25, -0.2) is 0 Å². The Morgan fingerprint density at radius 3 is 2.19 bits per heavy atom. The molecule has 31 heavy (non-hydrogen) atoms. The molecule has 1 aromatic heterocycles. The zero-order valence-electron chi connectivity index (χ0n) is 21.6. The molecule has 0 aliphatic rings. The lowest BCUT2D eigenvalue weighted by atomic mass is 9.86. The van der Waals surface area contributed by atoms with Crippen molar-refractivity contribution in [3.8, 4) is 0 Å². The average molecular weight is 450 g/mol.